The van der Waals surface area contributed by atoms with Crippen molar-refractivity contribution < 1.29 is 38.5 Å². The van der Waals surface area contributed by atoms with Crippen LogP contribution in [0.15, 0.2) is 35.0 Å². The Morgan fingerprint density at radius 3 is 1.55 bits per heavy atom. The van der Waals surface area contributed by atoms with Gasteiger partial charge >= 0.3 is 24.1 Å². The summed E-state index contributed by atoms with van der Waals surface area (Å²) in [5.41, 5.74) is 2.17. The largest absolute Gasteiger partial charge is 0.478 e. The fourth-order valence-corrected chi connectivity index (χ4v) is 6.12. The Morgan fingerprint density at radius 1 is 0.773 bits per heavy atom. The minimum absolute atomic E-state index is 0.286. The number of carboxylic acids is 1. The van der Waals surface area contributed by atoms with Gasteiger partial charge in [0.25, 0.3) is 0 Å². The molecular weight excluding hydrogens is 604 g/mol. The fourth-order valence-electron chi connectivity index (χ4n) is 4.21. The molecule has 2 amide bonds. The second kappa shape index (κ2) is 14.9. The highest BCUT2D eigenvalue weighted by atomic mass is 32.1. The van der Waals surface area contributed by atoms with Crippen LogP contribution in [-0.2, 0) is 14.2 Å². The third-order valence-corrected chi connectivity index (χ3v) is 8.32. The number of carboxylic acid groups (broad SMARTS) is 1. The molecule has 2 aromatic heterocycles. The average molecular weight is 647 g/mol. The van der Waals surface area contributed by atoms with Crippen LogP contribution in [0.2, 0.25) is 0 Å². The van der Waals surface area contributed by atoms with Crippen LogP contribution < -0.4 is 0 Å². The SMILES string of the molecule is CC(C)(C)OC(=O)N1CC=C(c2cc(C(=O)O)cs2)CC1.CCOC(=O)c1csc(C2=CCN(C(=O)OC(C)(C)C)CC2)c1. The summed E-state index contributed by atoms with van der Waals surface area (Å²) in [6, 6.07) is 3.54. The van der Waals surface area contributed by atoms with Gasteiger partial charge in [-0.2, -0.15) is 0 Å². The van der Waals surface area contributed by atoms with E-state index in [9.17, 15) is 19.2 Å². The first kappa shape index (κ1) is 34.8. The monoisotopic (exact) mass is 646 g/mol. The average Bonchev–Trinajstić information content (AvgIpc) is 3.63. The van der Waals surface area contributed by atoms with Crippen molar-refractivity contribution in [2.24, 2.45) is 0 Å². The molecule has 1 N–H and O–H groups in total. The van der Waals surface area contributed by atoms with Crippen molar-refractivity contribution in [2.45, 2.75) is 72.5 Å². The van der Waals surface area contributed by atoms with Crippen LogP contribution >= 0.6 is 22.7 Å². The molecule has 2 aromatic rings. The van der Waals surface area contributed by atoms with Crippen molar-refractivity contribution in [3.05, 3.63) is 55.9 Å². The molecule has 44 heavy (non-hydrogen) atoms. The second-order valence-electron chi connectivity index (χ2n) is 12.2. The van der Waals surface area contributed by atoms with E-state index in [-0.39, 0.29) is 18.2 Å². The molecule has 4 heterocycles. The van der Waals surface area contributed by atoms with Gasteiger partial charge in [-0.3, -0.25) is 0 Å². The summed E-state index contributed by atoms with van der Waals surface area (Å²) in [6.45, 7) is 15.5. The van der Waals surface area contributed by atoms with Crippen LogP contribution in [0.1, 0.15) is 91.8 Å². The molecule has 4 rings (SSSR count). The van der Waals surface area contributed by atoms with Gasteiger partial charge in [-0.15, -0.1) is 22.7 Å². The quantitative estimate of drug-likeness (QED) is 0.263. The lowest BCUT2D eigenvalue weighted by Gasteiger charge is -2.29. The van der Waals surface area contributed by atoms with Gasteiger partial charge in [0.1, 0.15) is 11.2 Å². The number of carbonyl (C=O) groups is 4. The molecule has 0 radical (unpaired) electrons. The number of aromatic carboxylic acids is 1. The molecule has 0 fully saturated rings. The maximum Gasteiger partial charge on any atom is 0.410 e. The van der Waals surface area contributed by atoms with Gasteiger partial charge in [0, 0.05) is 46.7 Å². The van der Waals surface area contributed by atoms with E-state index in [1.165, 1.54) is 22.7 Å². The lowest BCUT2D eigenvalue weighted by Crippen LogP contribution is -2.39. The number of hydrogen-bond donors (Lipinski definition) is 1. The summed E-state index contributed by atoms with van der Waals surface area (Å²) < 4.78 is 15.7. The number of nitrogens with zero attached hydrogens (tertiary/aromatic N) is 2. The van der Waals surface area contributed by atoms with Crippen LogP contribution in [0.4, 0.5) is 9.59 Å². The summed E-state index contributed by atoms with van der Waals surface area (Å²) in [5, 5.41) is 12.4. The van der Waals surface area contributed by atoms with Crippen molar-refractivity contribution in [1.29, 1.82) is 0 Å². The maximum absolute atomic E-state index is 12.0. The fraction of sp³-hybridized carbons (Fsp3) is 0.500. The number of hydrogen-bond acceptors (Lipinski definition) is 9. The Labute approximate surface area is 266 Å². The molecule has 0 saturated carbocycles. The third kappa shape index (κ3) is 10.5. The normalized spacial score (nSPS) is 15.3. The second-order valence-corrected chi connectivity index (χ2v) is 14.1. The van der Waals surface area contributed by atoms with Gasteiger partial charge in [-0.05, 0) is 84.6 Å². The summed E-state index contributed by atoms with van der Waals surface area (Å²) in [5.74, 6) is -1.20. The Bertz CT molecular complexity index is 1410. The maximum atomic E-state index is 12.0. The lowest BCUT2D eigenvalue weighted by molar-refractivity contribution is 0.0260. The van der Waals surface area contributed by atoms with Gasteiger partial charge in [-0.25, -0.2) is 19.2 Å². The van der Waals surface area contributed by atoms with E-state index in [0.717, 1.165) is 27.3 Å². The zero-order chi connectivity index (χ0) is 32.7. The van der Waals surface area contributed by atoms with E-state index in [0.29, 0.717) is 50.3 Å². The highest BCUT2D eigenvalue weighted by Crippen LogP contribution is 2.30. The lowest BCUT2D eigenvalue weighted by atomic mass is 10.1. The van der Waals surface area contributed by atoms with Crippen LogP contribution in [0.3, 0.4) is 0 Å². The number of carbonyl (C=O) groups excluding carboxylic acids is 3. The summed E-state index contributed by atoms with van der Waals surface area (Å²) in [7, 11) is 0. The van der Waals surface area contributed by atoms with E-state index in [1.54, 1.807) is 28.2 Å². The molecule has 0 unspecified atom stereocenters. The van der Waals surface area contributed by atoms with Crippen molar-refractivity contribution in [3.63, 3.8) is 0 Å². The first-order valence-corrected chi connectivity index (χ1v) is 16.2. The van der Waals surface area contributed by atoms with Gasteiger partial charge in [0.05, 0.1) is 17.7 Å². The molecule has 0 aliphatic carbocycles. The first-order valence-electron chi connectivity index (χ1n) is 14.5. The summed E-state index contributed by atoms with van der Waals surface area (Å²) in [6.07, 6.45) is 4.85. The molecule has 2 aliphatic heterocycles. The van der Waals surface area contributed by atoms with Crippen LogP contribution in [-0.4, -0.2) is 83.0 Å². The molecule has 12 heteroatoms. The molecule has 0 spiro atoms. The molecule has 10 nitrogen and oxygen atoms in total. The van der Waals surface area contributed by atoms with E-state index in [1.807, 2.05) is 65.1 Å². The van der Waals surface area contributed by atoms with Gasteiger partial charge in [-0.1, -0.05) is 12.2 Å². The molecular formula is C32H42N2O8S2. The number of esters is 1. The van der Waals surface area contributed by atoms with E-state index < -0.39 is 17.2 Å². The molecule has 0 aromatic carbocycles. The van der Waals surface area contributed by atoms with Crippen molar-refractivity contribution >= 4 is 57.9 Å². The highest BCUT2D eigenvalue weighted by molar-refractivity contribution is 7.11. The third-order valence-electron chi connectivity index (χ3n) is 6.31. The van der Waals surface area contributed by atoms with E-state index >= 15 is 0 Å². The minimum atomic E-state index is -0.913. The molecule has 0 saturated heterocycles. The predicted molar refractivity (Wildman–Crippen MR) is 172 cm³/mol. The predicted octanol–water partition coefficient (Wildman–Crippen LogP) is 7.42. The van der Waals surface area contributed by atoms with Crippen LogP contribution in [0.5, 0.6) is 0 Å². The first-order chi connectivity index (χ1) is 20.6. The number of ether oxygens (including phenoxy) is 3. The van der Waals surface area contributed by atoms with Gasteiger partial charge < -0.3 is 29.1 Å². The standard InChI is InChI=1S/C17H23NO4S.C15H19NO4S/c1-5-21-15(19)13-10-14(23-11-13)12-6-8-18(9-7-12)16(20)22-17(2,3)4;1-15(2,3)20-14(19)16-6-4-10(5-7-16)12-8-11(9-21-12)13(17)18/h6,10-11H,5,7-9H2,1-4H3;4,8-9H,5-7H2,1-3H3,(H,17,18). The van der Waals surface area contributed by atoms with E-state index in [2.05, 4.69) is 0 Å². The zero-order valence-electron chi connectivity index (χ0n) is 26.4. The number of thiophene rings is 2. The smallest absolute Gasteiger partial charge is 0.410 e. The highest BCUT2D eigenvalue weighted by Gasteiger charge is 2.26. The molecule has 0 atom stereocenters. The topological polar surface area (TPSA) is 123 Å². The van der Waals surface area contributed by atoms with Crippen molar-refractivity contribution in [2.75, 3.05) is 32.8 Å². The van der Waals surface area contributed by atoms with Crippen molar-refractivity contribution in [1.82, 2.24) is 9.80 Å². The molecule has 240 valence electrons. The number of rotatable bonds is 5. The summed E-state index contributed by atoms with van der Waals surface area (Å²) >= 11 is 2.95. The van der Waals surface area contributed by atoms with Crippen LogP contribution in [0, 0.1) is 0 Å². The minimum Gasteiger partial charge on any atom is -0.478 e. The van der Waals surface area contributed by atoms with Crippen molar-refractivity contribution in [3.8, 4) is 0 Å². The van der Waals surface area contributed by atoms with E-state index in [4.69, 9.17) is 19.3 Å². The Balaban J connectivity index is 0.000000241. The Kier molecular flexibility index (Phi) is 11.8. The Morgan fingerprint density at radius 2 is 1.20 bits per heavy atom. The zero-order valence-corrected chi connectivity index (χ0v) is 28.1. The molecule has 0 bridgehead atoms. The summed E-state index contributed by atoms with van der Waals surface area (Å²) in [4.78, 5) is 51.9. The Hall–Kier alpha value is -3.64. The van der Waals surface area contributed by atoms with Crippen LogP contribution in [0.25, 0.3) is 11.1 Å². The van der Waals surface area contributed by atoms with Gasteiger partial charge in [0.2, 0.25) is 0 Å². The van der Waals surface area contributed by atoms with Gasteiger partial charge in [0.15, 0.2) is 0 Å². The molecule has 2 aliphatic rings. The number of amides is 2.